The number of nitrogens with two attached hydrogens (primary N) is 2. The van der Waals surface area contributed by atoms with E-state index in [0.29, 0.717) is 5.56 Å². The monoisotopic (exact) mass is 812 g/mol. The number of ether oxygens (including phenoxy) is 3. The highest BCUT2D eigenvalue weighted by atomic mass is 31.2. The Hall–Kier alpha value is -3.93. The number of rotatable bonds is 14. The Balaban J connectivity index is 0.985. The Morgan fingerprint density at radius 3 is 2.20 bits per heavy atom. The predicted octanol–water partition coefficient (Wildman–Crippen LogP) is 0.00370. The van der Waals surface area contributed by atoms with Crippen LogP contribution in [0.5, 0.6) is 0 Å². The Morgan fingerprint density at radius 1 is 0.855 bits per heavy atom. The number of phosphoric ester groups is 2. The number of benzene rings is 1. The molecule has 23 nitrogen and oxygen atoms in total. The van der Waals surface area contributed by atoms with Crippen LogP contribution >= 0.6 is 15.6 Å². The van der Waals surface area contributed by atoms with Crippen LogP contribution in [0, 0.1) is 0 Å². The summed E-state index contributed by atoms with van der Waals surface area (Å²) in [6.45, 7) is -1.88. The number of anilines is 2. The van der Waals surface area contributed by atoms with Gasteiger partial charge in [-0.3, -0.25) is 37.0 Å². The number of fused-ring (bicyclic) bond motifs is 1. The number of nitrogen functional groups attached to an aromatic ring is 2. The standard InChI is InChI=1S/C30H38N8O15P2/c31-23-6-7-37(30(42)34-23)25-10-19(20(11-39)50-25)53-55(45,46)48-13-22-18(9-17(49-22)15-4-2-1-3-5-15)52-54(43,44)47-12-21-16(40)8-24(51-21)38-14-33-26-27(38)35-29(32)36-28(26)41/h1-7,14,16-22,24-25,39-40H,8-13H2,(H,43,44)(H,45,46)(H2,31,34,42)(H3,32,35,36,41)/t16-,17+,18-,19-,20+,21+,22+,24+,25+/m0/s1. The SMILES string of the molecule is Nc1ccn([C@H]2C[C@H](OP(=O)(O)OC[C@H]3O[C@@H](c4ccccc4)C[C@@H]3OP(=O)(O)OC[C@H]3O[C@@H](n4cnc5c(=O)[nH]c(N)nc54)C[C@@H]3O)[C@@H](CO)O2)c(=O)n1. The Labute approximate surface area is 309 Å². The van der Waals surface area contributed by atoms with E-state index in [2.05, 4.69) is 19.9 Å². The fourth-order valence-electron chi connectivity index (χ4n) is 6.58. The molecule has 3 saturated heterocycles. The molecule has 0 saturated carbocycles. The molecule has 25 heteroatoms. The minimum atomic E-state index is -4.93. The highest BCUT2D eigenvalue weighted by Gasteiger charge is 2.46. The lowest BCUT2D eigenvalue weighted by molar-refractivity contribution is -0.0552. The number of hydrogen-bond donors (Lipinski definition) is 7. The van der Waals surface area contributed by atoms with Crippen LogP contribution in [0.3, 0.4) is 0 Å². The smallest absolute Gasteiger partial charge is 0.394 e. The van der Waals surface area contributed by atoms with Crippen molar-refractivity contribution in [1.29, 1.82) is 0 Å². The molecule has 0 amide bonds. The molecule has 0 bridgehead atoms. The van der Waals surface area contributed by atoms with Gasteiger partial charge in [-0.15, -0.1) is 0 Å². The molecular formula is C30H38N8O15P2. The van der Waals surface area contributed by atoms with Gasteiger partial charge in [-0.05, 0) is 11.6 Å². The first-order valence-electron chi connectivity index (χ1n) is 16.9. The molecule has 3 aliphatic rings. The molecule has 0 spiro atoms. The molecule has 0 radical (unpaired) electrons. The van der Waals surface area contributed by atoms with E-state index in [-0.39, 0.29) is 42.2 Å². The summed E-state index contributed by atoms with van der Waals surface area (Å²) in [5, 5.41) is 20.5. The van der Waals surface area contributed by atoms with Crippen LogP contribution in [0.15, 0.2) is 58.5 Å². The zero-order valence-electron chi connectivity index (χ0n) is 28.6. The summed E-state index contributed by atoms with van der Waals surface area (Å²) in [5.41, 5.74) is 10.7. The van der Waals surface area contributed by atoms with E-state index in [4.69, 9.17) is 43.8 Å². The molecule has 4 aromatic rings. The number of imidazole rings is 1. The fraction of sp³-hybridized carbons (Fsp3) is 0.500. The van der Waals surface area contributed by atoms with Gasteiger partial charge in [-0.2, -0.15) is 9.97 Å². The minimum Gasteiger partial charge on any atom is -0.394 e. The largest absolute Gasteiger partial charge is 0.472 e. The summed E-state index contributed by atoms with van der Waals surface area (Å²) < 4.78 is 67.9. The number of phosphoric acid groups is 2. The molecule has 6 heterocycles. The summed E-state index contributed by atoms with van der Waals surface area (Å²) in [7, 11) is -9.85. The molecule has 7 rings (SSSR count). The minimum absolute atomic E-state index is 0.00354. The van der Waals surface area contributed by atoms with E-state index >= 15 is 0 Å². The molecule has 1 aromatic carbocycles. The number of aromatic amines is 1. The van der Waals surface area contributed by atoms with E-state index in [1.54, 1.807) is 30.3 Å². The number of aromatic nitrogens is 6. The van der Waals surface area contributed by atoms with Crippen LogP contribution in [0.25, 0.3) is 11.2 Å². The highest BCUT2D eigenvalue weighted by molar-refractivity contribution is 7.47. The first-order valence-corrected chi connectivity index (χ1v) is 19.9. The molecule has 3 fully saturated rings. The molecule has 2 unspecified atom stereocenters. The number of nitrogens with one attached hydrogen (secondary N) is 1. The van der Waals surface area contributed by atoms with E-state index in [1.807, 2.05) is 0 Å². The van der Waals surface area contributed by atoms with Crippen molar-refractivity contribution in [2.75, 3.05) is 31.3 Å². The van der Waals surface area contributed by atoms with Gasteiger partial charge in [0.1, 0.15) is 48.8 Å². The van der Waals surface area contributed by atoms with E-state index in [1.165, 1.54) is 23.2 Å². The zero-order chi connectivity index (χ0) is 39.1. The lowest BCUT2D eigenvalue weighted by Gasteiger charge is -2.24. The van der Waals surface area contributed by atoms with Crippen molar-refractivity contribution < 1.29 is 61.4 Å². The first-order chi connectivity index (χ1) is 26.2. The first kappa shape index (κ1) is 39.3. The maximum absolute atomic E-state index is 13.3. The average Bonchev–Trinajstić information content (AvgIpc) is 3.92. The molecular weight excluding hydrogens is 774 g/mol. The Morgan fingerprint density at radius 2 is 1.51 bits per heavy atom. The third-order valence-electron chi connectivity index (χ3n) is 9.20. The van der Waals surface area contributed by atoms with Crippen LogP contribution in [-0.2, 0) is 41.4 Å². The fourth-order valence-corrected chi connectivity index (χ4v) is 8.50. The maximum Gasteiger partial charge on any atom is 0.472 e. The second kappa shape index (κ2) is 15.9. The topological polar surface area (TPSA) is 330 Å². The Bertz CT molecular complexity index is 2210. The van der Waals surface area contributed by atoms with E-state index in [0.717, 1.165) is 4.57 Å². The van der Waals surface area contributed by atoms with Gasteiger partial charge >= 0.3 is 21.3 Å². The average molecular weight is 813 g/mol. The number of hydrogen-bond acceptors (Lipinski definition) is 18. The number of H-pyrrole nitrogens is 1. The molecule has 0 aliphatic carbocycles. The van der Waals surface area contributed by atoms with Crippen LogP contribution in [-0.4, -0.2) is 106 Å². The molecule has 11 atom stereocenters. The van der Waals surface area contributed by atoms with Crippen molar-refractivity contribution in [1.82, 2.24) is 29.1 Å². The number of nitrogens with zero attached hydrogens (tertiary/aromatic N) is 5. The van der Waals surface area contributed by atoms with E-state index < -0.39 is 102 Å². The molecule has 9 N–H and O–H groups in total. The Kier molecular flexibility index (Phi) is 11.4. The normalized spacial score (nSPS) is 30.4. The third kappa shape index (κ3) is 8.89. The van der Waals surface area contributed by atoms with Crippen LogP contribution < -0.4 is 22.7 Å². The van der Waals surface area contributed by atoms with Gasteiger partial charge in [0.2, 0.25) is 5.95 Å². The van der Waals surface area contributed by atoms with Gasteiger partial charge in [0.05, 0.1) is 38.4 Å². The predicted molar refractivity (Wildman–Crippen MR) is 186 cm³/mol. The van der Waals surface area contributed by atoms with Gasteiger partial charge < -0.3 is 45.7 Å². The molecule has 298 valence electrons. The molecule has 3 aromatic heterocycles. The van der Waals surface area contributed by atoms with Gasteiger partial charge in [0, 0.05) is 25.5 Å². The third-order valence-corrected chi connectivity index (χ3v) is 11.2. The van der Waals surface area contributed by atoms with Crippen molar-refractivity contribution >= 4 is 38.6 Å². The van der Waals surface area contributed by atoms with Gasteiger partial charge in [-0.25, -0.2) is 18.9 Å². The molecule has 3 aliphatic heterocycles. The van der Waals surface area contributed by atoms with E-state index in [9.17, 15) is 38.7 Å². The summed E-state index contributed by atoms with van der Waals surface area (Å²) in [6, 6.07) is 10.2. The number of aliphatic hydroxyl groups is 2. The van der Waals surface area contributed by atoms with Crippen molar-refractivity contribution in [2.24, 2.45) is 0 Å². The van der Waals surface area contributed by atoms with Crippen molar-refractivity contribution in [2.45, 2.75) is 74.4 Å². The zero-order valence-corrected chi connectivity index (χ0v) is 30.4. The van der Waals surface area contributed by atoms with Crippen LogP contribution in [0.4, 0.5) is 11.8 Å². The van der Waals surface area contributed by atoms with Gasteiger partial charge in [-0.1, -0.05) is 30.3 Å². The summed E-state index contributed by atoms with van der Waals surface area (Å²) >= 11 is 0. The summed E-state index contributed by atoms with van der Waals surface area (Å²) in [4.78, 5) is 60.0. The summed E-state index contributed by atoms with van der Waals surface area (Å²) in [5.74, 6) is -0.173. The second-order valence-electron chi connectivity index (χ2n) is 12.9. The summed E-state index contributed by atoms with van der Waals surface area (Å²) in [6.07, 6.45) is -7.11. The second-order valence-corrected chi connectivity index (χ2v) is 15.7. The molecule has 55 heavy (non-hydrogen) atoms. The van der Waals surface area contributed by atoms with Gasteiger partial charge in [0.15, 0.2) is 11.2 Å². The van der Waals surface area contributed by atoms with Crippen molar-refractivity contribution in [3.63, 3.8) is 0 Å². The van der Waals surface area contributed by atoms with Crippen LogP contribution in [0.2, 0.25) is 0 Å². The van der Waals surface area contributed by atoms with Crippen molar-refractivity contribution in [3.8, 4) is 0 Å². The lowest BCUT2D eigenvalue weighted by Crippen LogP contribution is -2.31. The lowest BCUT2D eigenvalue weighted by atomic mass is 10.1. The highest BCUT2D eigenvalue weighted by Crippen LogP contribution is 2.52. The van der Waals surface area contributed by atoms with Crippen LogP contribution in [0.1, 0.15) is 43.4 Å². The van der Waals surface area contributed by atoms with Gasteiger partial charge in [0.25, 0.3) is 5.56 Å². The number of aliphatic hydroxyl groups excluding tert-OH is 2. The quantitative estimate of drug-likeness (QED) is 0.0824. The van der Waals surface area contributed by atoms with Crippen molar-refractivity contribution in [3.05, 3.63) is 75.3 Å². The maximum atomic E-state index is 13.3.